The third-order valence-corrected chi connectivity index (χ3v) is 3.09. The predicted molar refractivity (Wildman–Crippen MR) is 59.1 cm³/mol. The molecule has 13 heavy (non-hydrogen) atoms. The fourth-order valence-electron chi connectivity index (χ4n) is 2.12. The molecule has 0 bridgehead atoms. The molecule has 0 saturated heterocycles. The molecule has 0 aliphatic heterocycles. The summed E-state index contributed by atoms with van der Waals surface area (Å²) in [4.78, 5) is 0. The van der Waals surface area contributed by atoms with Gasteiger partial charge in [0.1, 0.15) is 0 Å². The van der Waals surface area contributed by atoms with Crippen molar-refractivity contribution in [2.45, 2.75) is 45.1 Å². The van der Waals surface area contributed by atoms with E-state index in [1.165, 1.54) is 25.7 Å². The zero-order valence-electron chi connectivity index (χ0n) is 8.18. The fraction of sp³-hybridized carbons (Fsp3) is 0.889. The molecule has 0 aromatic rings. The van der Waals surface area contributed by atoms with Crippen molar-refractivity contribution < 1.29 is 0 Å². The molecule has 1 atom stereocenters. The first-order chi connectivity index (χ1) is 6.27. The summed E-state index contributed by atoms with van der Waals surface area (Å²) < 4.78 is 0. The molecule has 4 heteroatoms. The summed E-state index contributed by atoms with van der Waals surface area (Å²) >= 11 is 4.99. The van der Waals surface area contributed by atoms with Gasteiger partial charge in [-0.15, -0.1) is 0 Å². The normalized spacial score (nSPS) is 19.8. The summed E-state index contributed by atoms with van der Waals surface area (Å²) in [6.45, 7) is 2.19. The van der Waals surface area contributed by atoms with E-state index in [0.717, 1.165) is 12.3 Å². The molecular weight excluding hydrogens is 182 g/mol. The molecule has 0 radical (unpaired) electrons. The molecule has 0 aromatic carbocycles. The van der Waals surface area contributed by atoms with Crippen LogP contribution in [0.15, 0.2) is 0 Å². The van der Waals surface area contributed by atoms with Crippen molar-refractivity contribution in [1.82, 2.24) is 10.7 Å². The van der Waals surface area contributed by atoms with Gasteiger partial charge in [-0.3, -0.25) is 0 Å². The topological polar surface area (TPSA) is 50.1 Å². The number of nitrogens with two attached hydrogens (primary N) is 1. The van der Waals surface area contributed by atoms with Crippen LogP contribution in [0.25, 0.3) is 0 Å². The van der Waals surface area contributed by atoms with E-state index in [1.807, 2.05) is 0 Å². The number of thiocarbonyl (C=S) groups is 1. The Morgan fingerprint density at radius 1 is 1.54 bits per heavy atom. The quantitative estimate of drug-likeness (QED) is 0.366. The number of nitrogens with one attached hydrogen (secondary N) is 2. The van der Waals surface area contributed by atoms with Gasteiger partial charge >= 0.3 is 0 Å². The second-order valence-corrected chi connectivity index (χ2v) is 4.09. The zero-order chi connectivity index (χ0) is 9.68. The van der Waals surface area contributed by atoms with E-state index in [-0.39, 0.29) is 0 Å². The molecular formula is C9H19N3S. The molecule has 1 aliphatic carbocycles. The third kappa shape index (κ3) is 3.12. The Morgan fingerprint density at radius 2 is 2.15 bits per heavy atom. The van der Waals surface area contributed by atoms with Crippen molar-refractivity contribution in [2.75, 3.05) is 0 Å². The highest BCUT2D eigenvalue weighted by Crippen LogP contribution is 2.28. The minimum Gasteiger partial charge on any atom is -0.359 e. The summed E-state index contributed by atoms with van der Waals surface area (Å²) in [6.07, 6.45) is 6.52. The van der Waals surface area contributed by atoms with Crippen LogP contribution in [0.1, 0.15) is 39.0 Å². The lowest BCUT2D eigenvalue weighted by atomic mass is 9.96. The summed E-state index contributed by atoms with van der Waals surface area (Å²) in [7, 11) is 0. The van der Waals surface area contributed by atoms with Crippen LogP contribution in [0.3, 0.4) is 0 Å². The highest BCUT2D eigenvalue weighted by molar-refractivity contribution is 7.80. The molecule has 4 N–H and O–H groups in total. The van der Waals surface area contributed by atoms with E-state index in [2.05, 4.69) is 17.7 Å². The van der Waals surface area contributed by atoms with Crippen molar-refractivity contribution in [3.63, 3.8) is 0 Å². The van der Waals surface area contributed by atoms with Crippen LogP contribution in [0.2, 0.25) is 0 Å². The molecule has 1 fully saturated rings. The summed E-state index contributed by atoms with van der Waals surface area (Å²) in [5.74, 6) is 6.01. The minimum absolute atomic E-state index is 0.506. The Balaban J connectivity index is 2.37. The molecule has 3 nitrogen and oxygen atoms in total. The Labute approximate surface area is 85.4 Å². The van der Waals surface area contributed by atoms with Crippen LogP contribution >= 0.6 is 12.2 Å². The van der Waals surface area contributed by atoms with E-state index in [1.54, 1.807) is 0 Å². The van der Waals surface area contributed by atoms with Crippen molar-refractivity contribution >= 4 is 17.3 Å². The van der Waals surface area contributed by atoms with Crippen LogP contribution in [0.4, 0.5) is 0 Å². The zero-order valence-corrected chi connectivity index (χ0v) is 8.99. The lowest BCUT2D eigenvalue weighted by molar-refractivity contribution is 0.389. The van der Waals surface area contributed by atoms with Crippen LogP contribution < -0.4 is 16.6 Å². The van der Waals surface area contributed by atoms with Gasteiger partial charge in [0, 0.05) is 6.04 Å². The first-order valence-corrected chi connectivity index (χ1v) is 5.45. The second kappa shape index (κ2) is 5.40. The monoisotopic (exact) mass is 201 g/mol. The molecule has 1 rings (SSSR count). The second-order valence-electron chi connectivity index (χ2n) is 3.68. The Kier molecular flexibility index (Phi) is 4.45. The molecule has 1 aliphatic rings. The number of hydrazine groups is 1. The molecule has 0 heterocycles. The van der Waals surface area contributed by atoms with Gasteiger partial charge < -0.3 is 10.7 Å². The van der Waals surface area contributed by atoms with Gasteiger partial charge in [0.25, 0.3) is 0 Å². The van der Waals surface area contributed by atoms with Crippen molar-refractivity contribution in [3.8, 4) is 0 Å². The van der Waals surface area contributed by atoms with Crippen LogP contribution in [-0.4, -0.2) is 11.2 Å². The Hall–Kier alpha value is -0.350. The van der Waals surface area contributed by atoms with Gasteiger partial charge in [0.05, 0.1) is 0 Å². The number of hydrogen-bond donors (Lipinski definition) is 3. The van der Waals surface area contributed by atoms with Crippen LogP contribution in [0, 0.1) is 5.92 Å². The maximum Gasteiger partial charge on any atom is 0.180 e. The average molecular weight is 201 g/mol. The number of rotatable bonds is 3. The molecule has 0 spiro atoms. The first kappa shape index (κ1) is 10.7. The van der Waals surface area contributed by atoms with E-state index in [4.69, 9.17) is 18.1 Å². The minimum atomic E-state index is 0.506. The van der Waals surface area contributed by atoms with Gasteiger partial charge in [-0.25, -0.2) is 5.84 Å². The fourth-order valence-corrected chi connectivity index (χ4v) is 2.27. The number of hydrogen-bond acceptors (Lipinski definition) is 2. The van der Waals surface area contributed by atoms with Gasteiger partial charge in [-0.05, 0) is 37.4 Å². The summed E-state index contributed by atoms with van der Waals surface area (Å²) in [5.41, 5.74) is 2.47. The SMILES string of the molecule is CCC(NC(=S)NN)C1CCCC1. The van der Waals surface area contributed by atoms with Gasteiger partial charge in [-0.2, -0.15) is 0 Å². The lowest BCUT2D eigenvalue weighted by Gasteiger charge is -2.24. The van der Waals surface area contributed by atoms with Crippen LogP contribution in [0.5, 0.6) is 0 Å². The van der Waals surface area contributed by atoms with E-state index in [0.29, 0.717) is 11.2 Å². The standard InChI is InChI=1S/C9H19N3S/c1-2-8(11-9(13)12-10)7-5-3-4-6-7/h7-8H,2-6,10H2,1H3,(H2,11,12,13). The maximum absolute atomic E-state index is 5.22. The third-order valence-electron chi connectivity index (χ3n) is 2.86. The Morgan fingerprint density at radius 3 is 2.62 bits per heavy atom. The maximum atomic E-state index is 5.22. The highest BCUT2D eigenvalue weighted by Gasteiger charge is 2.23. The highest BCUT2D eigenvalue weighted by atomic mass is 32.1. The van der Waals surface area contributed by atoms with Gasteiger partial charge in [0.15, 0.2) is 5.11 Å². The molecule has 0 amide bonds. The largest absolute Gasteiger partial charge is 0.359 e. The van der Waals surface area contributed by atoms with Gasteiger partial charge in [0.2, 0.25) is 0 Å². The van der Waals surface area contributed by atoms with E-state index in [9.17, 15) is 0 Å². The smallest absolute Gasteiger partial charge is 0.180 e. The first-order valence-electron chi connectivity index (χ1n) is 5.05. The van der Waals surface area contributed by atoms with Crippen molar-refractivity contribution in [3.05, 3.63) is 0 Å². The average Bonchev–Trinajstić information content (AvgIpc) is 2.66. The van der Waals surface area contributed by atoms with Crippen LogP contribution in [-0.2, 0) is 0 Å². The summed E-state index contributed by atoms with van der Waals surface area (Å²) in [5, 5.41) is 3.82. The molecule has 1 saturated carbocycles. The van der Waals surface area contributed by atoms with Crippen molar-refractivity contribution in [2.24, 2.45) is 11.8 Å². The van der Waals surface area contributed by atoms with E-state index >= 15 is 0 Å². The van der Waals surface area contributed by atoms with Crippen molar-refractivity contribution in [1.29, 1.82) is 0 Å². The lowest BCUT2D eigenvalue weighted by Crippen LogP contribution is -2.47. The molecule has 0 aromatic heterocycles. The van der Waals surface area contributed by atoms with E-state index < -0.39 is 0 Å². The molecule has 1 unspecified atom stereocenters. The van der Waals surface area contributed by atoms with Gasteiger partial charge in [-0.1, -0.05) is 19.8 Å². The molecule has 76 valence electrons. The summed E-state index contributed by atoms with van der Waals surface area (Å²) in [6, 6.07) is 0.506. The Bertz CT molecular complexity index is 166. The predicted octanol–water partition coefficient (Wildman–Crippen LogP) is 1.29.